The van der Waals surface area contributed by atoms with Gasteiger partial charge in [0.15, 0.2) is 5.84 Å². The molecule has 3 aromatic carbocycles. The summed E-state index contributed by atoms with van der Waals surface area (Å²) < 4.78 is 28.4. The van der Waals surface area contributed by atoms with Crippen LogP contribution in [0.4, 0.5) is 5.69 Å². The third-order valence-corrected chi connectivity index (χ3v) is 7.20. The Morgan fingerprint density at radius 1 is 0.857 bits per heavy atom. The second-order valence-electron chi connectivity index (χ2n) is 8.80. The number of fused-ring (bicyclic) bond motifs is 1. The lowest BCUT2D eigenvalue weighted by atomic mass is 10.1. The van der Waals surface area contributed by atoms with E-state index in [4.69, 9.17) is 0 Å². The topological polar surface area (TPSA) is 82.1 Å². The highest BCUT2D eigenvalue weighted by Gasteiger charge is 2.28. The van der Waals surface area contributed by atoms with Crippen LogP contribution in [0, 0.1) is 0 Å². The molecule has 0 unspecified atom stereocenters. The Bertz CT molecular complexity index is 1300. The van der Waals surface area contributed by atoms with Crippen molar-refractivity contribution in [3.8, 4) is 0 Å². The number of carbonyl (C=O) groups is 1. The summed E-state index contributed by atoms with van der Waals surface area (Å²) in [4.78, 5) is 17.5. The normalized spacial score (nSPS) is 13.9. The first kappa shape index (κ1) is 24.6. The van der Waals surface area contributed by atoms with Gasteiger partial charge in [-0.2, -0.15) is 8.42 Å². The maximum Gasteiger partial charge on any atom is 0.285 e. The van der Waals surface area contributed by atoms with Crippen molar-refractivity contribution >= 4 is 27.5 Å². The standard InChI is InChI=1S/C27H30N4O3S/c1-30(2)19-20-31(18-8-11-21-9-4-3-5-10-21)27(32)22-14-16-23(17-15-22)28-26-24-12-6-7-13-25(24)35(33,34)29-26/h3-7,9-10,12-17H,8,11,18-20H2,1-2H3,(H,28,29). The maximum absolute atomic E-state index is 13.3. The van der Waals surface area contributed by atoms with Crippen molar-refractivity contribution < 1.29 is 13.2 Å². The van der Waals surface area contributed by atoms with Crippen molar-refractivity contribution in [3.05, 3.63) is 95.6 Å². The van der Waals surface area contributed by atoms with Crippen molar-refractivity contribution in [1.82, 2.24) is 9.80 Å². The molecule has 0 aromatic heterocycles. The van der Waals surface area contributed by atoms with Gasteiger partial charge in [-0.25, -0.2) is 0 Å². The number of nitrogens with one attached hydrogen (secondary N) is 1. The van der Waals surface area contributed by atoms with Gasteiger partial charge in [-0.1, -0.05) is 42.5 Å². The lowest BCUT2D eigenvalue weighted by Gasteiger charge is -2.25. The molecule has 8 heteroatoms. The summed E-state index contributed by atoms with van der Waals surface area (Å²) >= 11 is 0. The first-order chi connectivity index (χ1) is 16.8. The average molecular weight is 491 g/mol. The summed E-state index contributed by atoms with van der Waals surface area (Å²) in [7, 11) is 0.305. The van der Waals surface area contributed by atoms with E-state index in [1.807, 2.05) is 37.2 Å². The van der Waals surface area contributed by atoms with Crippen molar-refractivity contribution in [2.24, 2.45) is 4.40 Å². The number of amidine groups is 1. The zero-order valence-corrected chi connectivity index (χ0v) is 20.8. The van der Waals surface area contributed by atoms with Crippen LogP contribution in [0.5, 0.6) is 0 Å². The number of amides is 1. The number of nitrogens with zero attached hydrogens (tertiary/aromatic N) is 3. The Kier molecular flexibility index (Phi) is 7.63. The minimum absolute atomic E-state index is 0.0161. The number of carbonyl (C=O) groups excluding carboxylic acids is 1. The van der Waals surface area contributed by atoms with Crippen molar-refractivity contribution in [1.29, 1.82) is 0 Å². The molecule has 1 aliphatic heterocycles. The molecule has 0 bridgehead atoms. The molecule has 0 aliphatic carbocycles. The highest BCUT2D eigenvalue weighted by atomic mass is 32.2. The van der Waals surface area contributed by atoms with Gasteiger partial charge in [-0.05, 0) is 68.9 Å². The van der Waals surface area contributed by atoms with Crippen LogP contribution in [0.1, 0.15) is 27.9 Å². The van der Waals surface area contributed by atoms with Crippen LogP contribution in [-0.2, 0) is 16.4 Å². The van der Waals surface area contributed by atoms with Crippen LogP contribution in [0.3, 0.4) is 0 Å². The number of anilines is 1. The van der Waals surface area contributed by atoms with E-state index in [1.165, 1.54) is 5.56 Å². The SMILES string of the molecule is CN(C)CCN(CCCc1ccccc1)C(=O)c1ccc(NC2=NS(=O)(=O)c3ccccc32)cc1. The lowest BCUT2D eigenvalue weighted by molar-refractivity contribution is 0.0743. The molecule has 0 atom stereocenters. The zero-order valence-electron chi connectivity index (χ0n) is 20.0. The summed E-state index contributed by atoms with van der Waals surface area (Å²) in [5, 5.41) is 3.08. The van der Waals surface area contributed by atoms with Gasteiger partial charge in [0, 0.05) is 36.4 Å². The Morgan fingerprint density at radius 3 is 2.26 bits per heavy atom. The van der Waals surface area contributed by atoms with Crippen molar-refractivity contribution in [3.63, 3.8) is 0 Å². The fourth-order valence-corrected chi connectivity index (χ4v) is 5.14. The predicted octanol–water partition coefficient (Wildman–Crippen LogP) is 3.88. The third kappa shape index (κ3) is 6.15. The molecule has 1 heterocycles. The molecule has 0 saturated carbocycles. The number of sulfonamides is 1. The monoisotopic (exact) mass is 490 g/mol. The second-order valence-corrected chi connectivity index (χ2v) is 10.4. The van der Waals surface area contributed by atoms with E-state index >= 15 is 0 Å². The molecule has 0 spiro atoms. The zero-order chi connectivity index (χ0) is 24.8. The van der Waals surface area contributed by atoms with E-state index in [1.54, 1.807) is 48.5 Å². The molecular formula is C27H30N4O3S. The van der Waals surface area contributed by atoms with Gasteiger partial charge in [0.2, 0.25) is 0 Å². The van der Waals surface area contributed by atoms with Crippen LogP contribution in [0.15, 0.2) is 88.2 Å². The summed E-state index contributed by atoms with van der Waals surface area (Å²) in [5.74, 6) is 0.269. The molecule has 7 nitrogen and oxygen atoms in total. The second kappa shape index (κ2) is 10.8. The molecule has 182 valence electrons. The number of benzene rings is 3. The highest BCUT2D eigenvalue weighted by molar-refractivity contribution is 7.90. The smallest absolute Gasteiger partial charge is 0.285 e. The molecular weight excluding hydrogens is 460 g/mol. The number of aryl methyl sites for hydroxylation is 1. The largest absolute Gasteiger partial charge is 0.339 e. The summed E-state index contributed by atoms with van der Waals surface area (Å²) in [6, 6.07) is 24.1. The Labute approximate surface area is 207 Å². The van der Waals surface area contributed by atoms with Gasteiger partial charge in [0.1, 0.15) is 4.90 Å². The van der Waals surface area contributed by atoms with Crippen molar-refractivity contribution in [2.75, 3.05) is 39.0 Å². The van der Waals surface area contributed by atoms with E-state index in [-0.39, 0.29) is 16.6 Å². The molecule has 1 aliphatic rings. The van der Waals surface area contributed by atoms with E-state index < -0.39 is 10.0 Å². The minimum atomic E-state index is -3.69. The number of hydrogen-bond acceptors (Lipinski definition) is 5. The lowest BCUT2D eigenvalue weighted by Crippen LogP contribution is -2.37. The molecule has 1 N–H and O–H groups in total. The Hall–Kier alpha value is -3.49. The highest BCUT2D eigenvalue weighted by Crippen LogP contribution is 2.26. The fourth-order valence-electron chi connectivity index (χ4n) is 3.97. The average Bonchev–Trinajstić information content (AvgIpc) is 3.11. The van der Waals surface area contributed by atoms with E-state index in [2.05, 4.69) is 26.7 Å². The van der Waals surface area contributed by atoms with E-state index in [0.717, 1.165) is 19.4 Å². The van der Waals surface area contributed by atoms with E-state index in [0.29, 0.717) is 29.9 Å². The van der Waals surface area contributed by atoms with Crippen LogP contribution in [-0.4, -0.2) is 63.7 Å². The molecule has 1 amide bonds. The van der Waals surface area contributed by atoms with Gasteiger partial charge in [0.25, 0.3) is 15.9 Å². The fraction of sp³-hybridized carbons (Fsp3) is 0.259. The van der Waals surface area contributed by atoms with Gasteiger partial charge >= 0.3 is 0 Å². The van der Waals surface area contributed by atoms with Gasteiger partial charge < -0.3 is 15.1 Å². The van der Waals surface area contributed by atoms with Crippen LogP contribution >= 0.6 is 0 Å². The molecule has 0 radical (unpaired) electrons. The first-order valence-electron chi connectivity index (χ1n) is 11.6. The molecule has 0 fully saturated rings. The quantitative estimate of drug-likeness (QED) is 0.492. The Balaban J connectivity index is 1.43. The Morgan fingerprint density at radius 2 is 1.54 bits per heavy atom. The van der Waals surface area contributed by atoms with Gasteiger partial charge in [-0.3, -0.25) is 4.79 Å². The first-order valence-corrected chi connectivity index (χ1v) is 13.1. The predicted molar refractivity (Wildman–Crippen MR) is 139 cm³/mol. The molecule has 0 saturated heterocycles. The summed E-state index contributed by atoms with van der Waals surface area (Å²) in [6.07, 6.45) is 1.80. The van der Waals surface area contributed by atoms with Gasteiger partial charge in [-0.15, -0.1) is 4.40 Å². The molecule has 3 aromatic rings. The molecule has 35 heavy (non-hydrogen) atoms. The molecule has 4 rings (SSSR count). The minimum Gasteiger partial charge on any atom is -0.339 e. The van der Waals surface area contributed by atoms with Crippen LogP contribution < -0.4 is 5.32 Å². The summed E-state index contributed by atoms with van der Waals surface area (Å²) in [6.45, 7) is 2.10. The summed E-state index contributed by atoms with van der Waals surface area (Å²) in [5.41, 5.74) is 3.06. The maximum atomic E-state index is 13.3. The number of hydrogen-bond donors (Lipinski definition) is 1. The van der Waals surface area contributed by atoms with Gasteiger partial charge in [0.05, 0.1) is 0 Å². The third-order valence-electron chi connectivity index (χ3n) is 5.87. The number of likely N-dealkylation sites (N-methyl/N-ethyl adjacent to an activating group) is 1. The van der Waals surface area contributed by atoms with Crippen molar-refractivity contribution in [2.45, 2.75) is 17.7 Å². The van der Waals surface area contributed by atoms with Crippen LogP contribution in [0.25, 0.3) is 0 Å². The number of rotatable bonds is 9. The van der Waals surface area contributed by atoms with E-state index in [9.17, 15) is 13.2 Å². The van der Waals surface area contributed by atoms with Crippen LogP contribution in [0.2, 0.25) is 0 Å².